The van der Waals surface area contributed by atoms with E-state index in [2.05, 4.69) is 0 Å². The molecule has 0 fully saturated rings. The summed E-state index contributed by atoms with van der Waals surface area (Å²) in [7, 11) is -7.84. The van der Waals surface area contributed by atoms with Crippen LogP contribution in [0.4, 0.5) is 11.4 Å². The molecule has 2 heterocycles. The van der Waals surface area contributed by atoms with Gasteiger partial charge in [-0.15, -0.1) is 0 Å². The summed E-state index contributed by atoms with van der Waals surface area (Å²) in [5, 5.41) is 11.9. The Morgan fingerprint density at radius 2 is 0.688 bits per heavy atom. The van der Waals surface area contributed by atoms with E-state index >= 15 is 16.8 Å². The molecule has 2 aliphatic heterocycles. The fourth-order valence-electron chi connectivity index (χ4n) is 8.78. The van der Waals surface area contributed by atoms with Crippen molar-refractivity contribution in [3.8, 4) is 0 Å². The molecule has 2 aliphatic rings. The fraction of sp³-hybridized carbons (Fsp3) is 0.185. The molecule has 8 nitrogen and oxygen atoms in total. The van der Waals surface area contributed by atoms with Crippen LogP contribution in [0.1, 0.15) is 67.7 Å². The number of sulfone groups is 2. The number of rotatable bonds is 12. The highest BCUT2D eigenvalue weighted by molar-refractivity contribution is 7.92. The van der Waals surface area contributed by atoms with Gasteiger partial charge in [0, 0.05) is 0 Å². The van der Waals surface area contributed by atoms with Gasteiger partial charge in [-0.3, -0.25) is 10.0 Å². The number of hydrogen-bond acceptors (Lipinski definition) is 8. The lowest BCUT2D eigenvalue weighted by molar-refractivity contribution is 0.574. The molecule has 0 aromatic heterocycles. The van der Waals surface area contributed by atoms with Crippen LogP contribution in [0.5, 0.6) is 0 Å². The van der Waals surface area contributed by atoms with Crippen LogP contribution in [0.3, 0.4) is 0 Å². The first-order valence-electron chi connectivity index (χ1n) is 21.5. The third-order valence-corrected chi connectivity index (χ3v) is 16.2. The van der Waals surface area contributed by atoms with Gasteiger partial charge in [0.05, 0.1) is 34.3 Å². The van der Waals surface area contributed by atoms with Crippen molar-refractivity contribution in [2.24, 2.45) is 10.2 Å². The maximum atomic E-state index is 15.1. The van der Waals surface area contributed by atoms with Crippen molar-refractivity contribution >= 4 is 42.5 Å². The average molecular weight is 883 g/mol. The average Bonchev–Trinajstić information content (AvgIpc) is 3.91. The second-order valence-electron chi connectivity index (χ2n) is 17.0. The summed E-state index contributed by atoms with van der Waals surface area (Å²) in [6.45, 7) is 7.97. The zero-order valence-electron chi connectivity index (χ0n) is 36.3. The summed E-state index contributed by atoms with van der Waals surface area (Å²) in [6.07, 6.45) is 0. The largest absolute Gasteiger partial charge is 0.256 e. The minimum atomic E-state index is -3.92. The van der Waals surface area contributed by atoms with Crippen molar-refractivity contribution in [2.75, 3.05) is 10.0 Å². The van der Waals surface area contributed by atoms with Gasteiger partial charge in [0.15, 0.2) is 19.7 Å². The molecule has 0 spiro atoms. The molecule has 4 atom stereocenters. The Hall–Kier alpha value is -6.62. The quantitative estimate of drug-likeness (QED) is 0.121. The van der Waals surface area contributed by atoms with Gasteiger partial charge in [0.2, 0.25) is 0 Å². The first kappa shape index (κ1) is 42.7. The van der Waals surface area contributed by atoms with Crippen LogP contribution in [0.15, 0.2) is 192 Å². The Balaban J connectivity index is 1.18. The molecule has 0 aliphatic carbocycles. The van der Waals surface area contributed by atoms with Gasteiger partial charge in [-0.2, -0.15) is 10.2 Å². The molecule has 9 rings (SSSR count). The minimum absolute atomic E-state index is 0.173. The first-order chi connectivity index (χ1) is 30.8. The molecular formula is C54H50N4O4S2. The number of aryl methyl sites for hydroxylation is 4. The Morgan fingerprint density at radius 3 is 1.00 bits per heavy atom. The first-order valence-corrected chi connectivity index (χ1v) is 24.9. The number of benzene rings is 7. The summed E-state index contributed by atoms with van der Waals surface area (Å²) in [5.41, 5.74) is 10.9. The fourth-order valence-corrected chi connectivity index (χ4v) is 12.8. The third-order valence-electron chi connectivity index (χ3n) is 12.2. The van der Waals surface area contributed by atoms with Crippen LogP contribution in [0.25, 0.3) is 0 Å². The molecule has 4 unspecified atom stereocenters. The zero-order valence-corrected chi connectivity index (χ0v) is 37.9. The van der Waals surface area contributed by atoms with E-state index in [4.69, 9.17) is 10.2 Å². The molecule has 0 radical (unpaired) electrons. The summed E-state index contributed by atoms with van der Waals surface area (Å²) < 4.78 is 60.4. The molecule has 0 saturated heterocycles. The monoisotopic (exact) mass is 882 g/mol. The highest BCUT2D eigenvalue weighted by atomic mass is 32.2. The summed E-state index contributed by atoms with van der Waals surface area (Å²) in [4.78, 5) is 0. The van der Waals surface area contributed by atoms with E-state index in [1.165, 1.54) is 0 Å². The van der Waals surface area contributed by atoms with Crippen molar-refractivity contribution in [1.82, 2.24) is 0 Å². The van der Waals surface area contributed by atoms with E-state index in [1.807, 2.05) is 220 Å². The van der Waals surface area contributed by atoms with Crippen molar-refractivity contribution in [1.29, 1.82) is 0 Å². The van der Waals surface area contributed by atoms with Crippen molar-refractivity contribution < 1.29 is 16.8 Å². The van der Waals surface area contributed by atoms with Crippen molar-refractivity contribution in [2.45, 2.75) is 61.8 Å². The standard InChI is InChI=1S/C54H50N4O4S2/c1-37-15-23-41(24-16-37)35-63(59,60)53-49(43-27-19-39(3)20-28-43)55-57(47-11-7-5-8-12-47)51(53)45-31-33-46(34-32-45)52-54(64(61,62)36-42-25-17-38(2)18-26-42)50(44-29-21-40(4)22-30-44)56-58(52)48-13-9-6-10-14-48/h5-34,51-54H,35-36H2,1-4H3. The maximum absolute atomic E-state index is 15.1. The topological polar surface area (TPSA) is 99.5 Å². The van der Waals surface area contributed by atoms with E-state index in [0.717, 1.165) is 55.9 Å². The minimum Gasteiger partial charge on any atom is -0.256 e. The van der Waals surface area contributed by atoms with Crippen molar-refractivity contribution in [3.63, 3.8) is 0 Å². The molecule has 0 saturated carbocycles. The summed E-state index contributed by atoms with van der Waals surface area (Å²) in [5.74, 6) is -0.346. The van der Waals surface area contributed by atoms with E-state index in [1.54, 1.807) is 0 Å². The smallest absolute Gasteiger partial charge is 0.165 e. The lowest BCUT2D eigenvalue weighted by Crippen LogP contribution is -2.38. The maximum Gasteiger partial charge on any atom is 0.165 e. The number of para-hydroxylation sites is 2. The van der Waals surface area contributed by atoms with Gasteiger partial charge in [-0.25, -0.2) is 16.8 Å². The summed E-state index contributed by atoms with van der Waals surface area (Å²) >= 11 is 0. The van der Waals surface area contributed by atoms with E-state index in [-0.39, 0.29) is 11.5 Å². The van der Waals surface area contributed by atoms with Gasteiger partial charge in [0.1, 0.15) is 22.6 Å². The highest BCUT2D eigenvalue weighted by Crippen LogP contribution is 2.44. The van der Waals surface area contributed by atoms with Gasteiger partial charge in [-0.05, 0) is 85.3 Å². The molecule has 0 bridgehead atoms. The van der Waals surface area contributed by atoms with Crippen molar-refractivity contribution in [3.05, 3.63) is 238 Å². The van der Waals surface area contributed by atoms with E-state index in [0.29, 0.717) is 22.6 Å². The van der Waals surface area contributed by atoms with Crippen LogP contribution in [0.2, 0.25) is 0 Å². The third kappa shape index (κ3) is 8.68. The molecular weight excluding hydrogens is 833 g/mol. The Labute approximate surface area is 377 Å². The Morgan fingerprint density at radius 1 is 0.391 bits per heavy atom. The van der Waals surface area contributed by atoms with E-state index < -0.39 is 42.3 Å². The Bertz CT molecular complexity index is 2840. The lowest BCUT2D eigenvalue weighted by Gasteiger charge is -2.31. The Kier molecular flexibility index (Phi) is 11.7. The number of nitrogens with zero attached hydrogens (tertiary/aromatic N) is 4. The number of hydrazone groups is 2. The predicted octanol–water partition coefficient (Wildman–Crippen LogP) is 10.8. The number of anilines is 2. The predicted molar refractivity (Wildman–Crippen MR) is 260 cm³/mol. The molecule has 10 heteroatoms. The number of hydrogen-bond donors (Lipinski definition) is 0. The lowest BCUT2D eigenvalue weighted by atomic mass is 9.93. The molecule has 0 N–H and O–H groups in total. The summed E-state index contributed by atoms with van der Waals surface area (Å²) in [6, 6.07) is 56.5. The van der Waals surface area contributed by atoms with Crippen LogP contribution in [0, 0.1) is 27.7 Å². The van der Waals surface area contributed by atoms with Crippen LogP contribution in [-0.2, 0) is 31.2 Å². The molecule has 322 valence electrons. The molecule has 7 aromatic carbocycles. The zero-order chi connectivity index (χ0) is 44.6. The van der Waals surface area contributed by atoms with Gasteiger partial charge < -0.3 is 0 Å². The van der Waals surface area contributed by atoms with Crippen LogP contribution >= 0.6 is 0 Å². The van der Waals surface area contributed by atoms with Gasteiger partial charge in [0.25, 0.3) is 0 Å². The second kappa shape index (κ2) is 17.5. The van der Waals surface area contributed by atoms with Gasteiger partial charge >= 0.3 is 0 Å². The SMILES string of the molecule is Cc1ccc(CS(=O)(=O)C2C(c3ccc(C)cc3)=NN(c3ccccc3)C2c2ccc(C3C(S(=O)(=O)Cc4ccc(C)cc4)C(c4ccc(C)cc4)=NN3c3ccccc3)cc2)cc1. The normalized spacial score (nSPS) is 18.8. The second-order valence-corrected chi connectivity index (χ2v) is 21.3. The van der Waals surface area contributed by atoms with E-state index in [9.17, 15) is 0 Å². The van der Waals surface area contributed by atoms with Gasteiger partial charge in [-0.1, -0.05) is 180 Å². The molecule has 0 amide bonds. The molecule has 7 aromatic rings. The highest BCUT2D eigenvalue weighted by Gasteiger charge is 2.49. The molecule has 64 heavy (non-hydrogen) atoms. The van der Waals surface area contributed by atoms with Crippen LogP contribution in [-0.4, -0.2) is 38.8 Å². The van der Waals surface area contributed by atoms with Crippen LogP contribution < -0.4 is 10.0 Å².